The zero-order chi connectivity index (χ0) is 16.7. The van der Waals surface area contributed by atoms with E-state index in [2.05, 4.69) is 46.5 Å². The van der Waals surface area contributed by atoms with Crippen LogP contribution in [0.3, 0.4) is 0 Å². The summed E-state index contributed by atoms with van der Waals surface area (Å²) in [6.07, 6.45) is 1.00. The van der Waals surface area contributed by atoms with Crippen LogP contribution in [0.15, 0.2) is 53.0 Å². The van der Waals surface area contributed by atoms with Gasteiger partial charge >= 0.3 is 0 Å². The molecule has 4 aromatic rings. The van der Waals surface area contributed by atoms with Gasteiger partial charge in [0.25, 0.3) is 0 Å². The lowest BCUT2D eigenvalue weighted by Gasteiger charge is -2.15. The van der Waals surface area contributed by atoms with Gasteiger partial charge in [-0.15, -0.1) is 0 Å². The zero-order valence-corrected chi connectivity index (χ0v) is 15.2. The molecular weight excluding hydrogens is 364 g/mol. The summed E-state index contributed by atoms with van der Waals surface area (Å²) >= 11 is 3.49. The van der Waals surface area contributed by atoms with E-state index in [0.717, 1.165) is 39.0 Å². The average molecular weight is 381 g/mol. The SMILES string of the molecule is CC[C@@H](C)n1c(-c2ccc(Br)cc2)nc2nc3ccccc3nc21. The predicted octanol–water partition coefficient (Wildman–Crippen LogP) is 5.38. The van der Waals surface area contributed by atoms with Gasteiger partial charge in [-0.25, -0.2) is 15.0 Å². The van der Waals surface area contributed by atoms with Gasteiger partial charge in [0.15, 0.2) is 11.3 Å². The zero-order valence-electron chi connectivity index (χ0n) is 13.6. The molecule has 2 heterocycles. The van der Waals surface area contributed by atoms with Gasteiger partial charge in [0, 0.05) is 16.1 Å². The molecule has 0 N–H and O–H groups in total. The van der Waals surface area contributed by atoms with E-state index >= 15 is 0 Å². The van der Waals surface area contributed by atoms with E-state index in [4.69, 9.17) is 15.0 Å². The Morgan fingerprint density at radius 3 is 2.29 bits per heavy atom. The largest absolute Gasteiger partial charge is 0.304 e. The van der Waals surface area contributed by atoms with Gasteiger partial charge in [0.2, 0.25) is 0 Å². The van der Waals surface area contributed by atoms with E-state index in [1.54, 1.807) is 0 Å². The van der Waals surface area contributed by atoms with Crippen molar-refractivity contribution in [3.8, 4) is 11.4 Å². The average Bonchev–Trinajstić information content (AvgIpc) is 2.98. The van der Waals surface area contributed by atoms with Gasteiger partial charge in [-0.3, -0.25) is 0 Å². The molecule has 0 amide bonds. The number of nitrogens with zero attached hydrogens (tertiary/aromatic N) is 4. The Balaban J connectivity index is 2.04. The maximum atomic E-state index is 4.84. The van der Waals surface area contributed by atoms with Crippen LogP contribution in [0.2, 0.25) is 0 Å². The highest BCUT2D eigenvalue weighted by Gasteiger charge is 2.19. The molecule has 0 aliphatic rings. The van der Waals surface area contributed by atoms with Crippen molar-refractivity contribution in [3.05, 3.63) is 53.0 Å². The number of para-hydroxylation sites is 2. The molecule has 2 aromatic heterocycles. The Hall–Kier alpha value is -2.27. The van der Waals surface area contributed by atoms with E-state index < -0.39 is 0 Å². The maximum absolute atomic E-state index is 4.84. The second-order valence-electron chi connectivity index (χ2n) is 5.93. The van der Waals surface area contributed by atoms with Crippen molar-refractivity contribution < 1.29 is 0 Å². The first-order valence-corrected chi connectivity index (χ1v) is 8.87. The number of benzene rings is 2. The van der Waals surface area contributed by atoms with Gasteiger partial charge in [-0.05, 0) is 37.6 Å². The highest BCUT2D eigenvalue weighted by Crippen LogP contribution is 2.29. The van der Waals surface area contributed by atoms with Gasteiger partial charge in [0.1, 0.15) is 5.82 Å². The molecule has 0 radical (unpaired) electrons. The molecule has 4 rings (SSSR count). The quantitative estimate of drug-likeness (QED) is 0.479. The van der Waals surface area contributed by atoms with E-state index in [-0.39, 0.29) is 0 Å². The van der Waals surface area contributed by atoms with Crippen molar-refractivity contribution in [1.82, 2.24) is 19.5 Å². The number of aromatic nitrogens is 4. The predicted molar refractivity (Wildman–Crippen MR) is 101 cm³/mol. The third-order valence-corrected chi connectivity index (χ3v) is 4.87. The smallest absolute Gasteiger partial charge is 0.198 e. The molecular formula is C19H17BrN4. The van der Waals surface area contributed by atoms with Crippen molar-refractivity contribution in [2.45, 2.75) is 26.3 Å². The fourth-order valence-corrected chi connectivity index (χ4v) is 3.14. The Labute approximate surface area is 148 Å². The number of hydrogen-bond donors (Lipinski definition) is 0. The first-order chi connectivity index (χ1) is 11.7. The maximum Gasteiger partial charge on any atom is 0.198 e. The van der Waals surface area contributed by atoms with E-state index in [0.29, 0.717) is 11.7 Å². The van der Waals surface area contributed by atoms with Crippen LogP contribution in [0.5, 0.6) is 0 Å². The van der Waals surface area contributed by atoms with Crippen LogP contribution in [0.4, 0.5) is 0 Å². The second-order valence-corrected chi connectivity index (χ2v) is 6.84. The molecule has 0 aliphatic heterocycles. The van der Waals surface area contributed by atoms with Crippen molar-refractivity contribution in [2.75, 3.05) is 0 Å². The summed E-state index contributed by atoms with van der Waals surface area (Å²) < 4.78 is 3.26. The van der Waals surface area contributed by atoms with Crippen LogP contribution < -0.4 is 0 Å². The Morgan fingerprint density at radius 1 is 0.958 bits per heavy atom. The summed E-state index contributed by atoms with van der Waals surface area (Å²) in [5, 5.41) is 0. The molecule has 120 valence electrons. The van der Waals surface area contributed by atoms with Crippen molar-refractivity contribution in [2.24, 2.45) is 0 Å². The molecule has 0 spiro atoms. The van der Waals surface area contributed by atoms with Crippen molar-refractivity contribution in [3.63, 3.8) is 0 Å². The van der Waals surface area contributed by atoms with Crippen LogP contribution in [-0.4, -0.2) is 19.5 Å². The highest BCUT2D eigenvalue weighted by atomic mass is 79.9. The monoisotopic (exact) mass is 380 g/mol. The third-order valence-electron chi connectivity index (χ3n) is 4.34. The first-order valence-electron chi connectivity index (χ1n) is 8.08. The summed E-state index contributed by atoms with van der Waals surface area (Å²) in [5.74, 6) is 0.919. The molecule has 0 fully saturated rings. The summed E-state index contributed by atoms with van der Waals surface area (Å²) in [6, 6.07) is 16.4. The van der Waals surface area contributed by atoms with Crippen LogP contribution >= 0.6 is 15.9 Å². The normalized spacial score (nSPS) is 12.8. The number of halogens is 1. The highest BCUT2D eigenvalue weighted by molar-refractivity contribution is 9.10. The first kappa shape index (κ1) is 15.3. The third kappa shape index (κ3) is 2.49. The Bertz CT molecular complexity index is 1020. The summed E-state index contributed by atoms with van der Waals surface area (Å²) in [7, 11) is 0. The van der Waals surface area contributed by atoms with Crippen molar-refractivity contribution in [1.29, 1.82) is 0 Å². The molecule has 0 saturated heterocycles. The summed E-state index contributed by atoms with van der Waals surface area (Å²) in [5.41, 5.74) is 4.40. The van der Waals surface area contributed by atoms with E-state index in [1.165, 1.54) is 0 Å². The van der Waals surface area contributed by atoms with E-state index in [9.17, 15) is 0 Å². The molecule has 2 aromatic carbocycles. The molecule has 0 aliphatic carbocycles. The minimum Gasteiger partial charge on any atom is -0.304 e. The summed E-state index contributed by atoms with van der Waals surface area (Å²) in [4.78, 5) is 14.4. The molecule has 5 heteroatoms. The topological polar surface area (TPSA) is 43.6 Å². The fraction of sp³-hybridized carbons (Fsp3) is 0.211. The van der Waals surface area contributed by atoms with Gasteiger partial charge < -0.3 is 4.57 Å². The Morgan fingerprint density at radius 2 is 1.62 bits per heavy atom. The lowest BCUT2D eigenvalue weighted by atomic mass is 10.2. The molecule has 4 nitrogen and oxygen atoms in total. The van der Waals surface area contributed by atoms with Crippen molar-refractivity contribution >= 4 is 38.3 Å². The molecule has 0 saturated carbocycles. The summed E-state index contributed by atoms with van der Waals surface area (Å²) in [6.45, 7) is 4.37. The Kier molecular flexibility index (Phi) is 3.81. The minimum absolute atomic E-state index is 0.295. The molecule has 0 bridgehead atoms. The number of rotatable bonds is 3. The standard InChI is InChI=1S/C19H17BrN4/c1-3-12(2)24-18(13-8-10-14(20)11-9-13)23-17-19(24)22-16-7-5-4-6-15(16)21-17/h4-12H,3H2,1-2H3/t12-/m1/s1. The van der Waals surface area contributed by atoms with Crippen LogP contribution in [0.25, 0.3) is 33.7 Å². The van der Waals surface area contributed by atoms with Gasteiger partial charge in [-0.1, -0.05) is 47.1 Å². The number of imidazole rings is 1. The second kappa shape index (κ2) is 5.98. The van der Waals surface area contributed by atoms with E-state index in [1.807, 2.05) is 36.4 Å². The molecule has 0 unspecified atom stereocenters. The van der Waals surface area contributed by atoms with Crippen LogP contribution in [0.1, 0.15) is 26.3 Å². The molecule has 1 atom stereocenters. The number of fused-ring (bicyclic) bond motifs is 2. The lowest BCUT2D eigenvalue weighted by molar-refractivity contribution is 0.547. The van der Waals surface area contributed by atoms with Crippen LogP contribution in [0, 0.1) is 0 Å². The minimum atomic E-state index is 0.295. The lowest BCUT2D eigenvalue weighted by Crippen LogP contribution is -2.07. The van der Waals surface area contributed by atoms with Gasteiger partial charge in [-0.2, -0.15) is 0 Å². The fourth-order valence-electron chi connectivity index (χ4n) is 2.88. The van der Waals surface area contributed by atoms with Crippen LogP contribution in [-0.2, 0) is 0 Å². The molecule has 24 heavy (non-hydrogen) atoms. The number of hydrogen-bond acceptors (Lipinski definition) is 3. The van der Waals surface area contributed by atoms with Gasteiger partial charge in [0.05, 0.1) is 11.0 Å².